The van der Waals surface area contributed by atoms with Crippen molar-refractivity contribution >= 4 is 11.4 Å². The molecule has 3 heteroatoms. The topological polar surface area (TPSA) is 24.5 Å². The van der Waals surface area contributed by atoms with Gasteiger partial charge >= 0.3 is 0 Å². The molecular formula is C25H30N2O. The second-order valence-corrected chi connectivity index (χ2v) is 9.34. The van der Waals surface area contributed by atoms with Gasteiger partial charge in [-0.3, -0.25) is 0 Å². The third-order valence-corrected chi connectivity index (χ3v) is 7.88. The van der Waals surface area contributed by atoms with Gasteiger partial charge in [-0.2, -0.15) is 0 Å². The minimum Gasteiger partial charge on any atom is -0.378 e. The van der Waals surface area contributed by atoms with Crippen molar-refractivity contribution in [3.63, 3.8) is 0 Å². The number of anilines is 2. The molecular weight excluding hydrogens is 344 g/mol. The minimum atomic E-state index is 0.461. The fraction of sp³-hybridized carbons (Fsp3) is 0.520. The van der Waals surface area contributed by atoms with Crippen LogP contribution in [0.5, 0.6) is 0 Å². The highest BCUT2D eigenvalue weighted by Gasteiger charge is 2.53. The van der Waals surface area contributed by atoms with Crippen LogP contribution in [0, 0.1) is 24.7 Å². The molecule has 2 aliphatic carbocycles. The van der Waals surface area contributed by atoms with E-state index in [4.69, 9.17) is 4.74 Å². The van der Waals surface area contributed by atoms with E-state index in [0.717, 1.165) is 50.0 Å². The second kappa shape index (κ2) is 6.52. The molecule has 1 N–H and O–H groups in total. The van der Waals surface area contributed by atoms with Gasteiger partial charge < -0.3 is 15.0 Å². The summed E-state index contributed by atoms with van der Waals surface area (Å²) in [5.74, 6) is 3.23. The van der Waals surface area contributed by atoms with Crippen LogP contribution < -0.4 is 10.2 Å². The molecule has 3 nitrogen and oxygen atoms in total. The molecule has 28 heavy (non-hydrogen) atoms. The van der Waals surface area contributed by atoms with Crippen molar-refractivity contribution in [1.29, 1.82) is 0 Å². The van der Waals surface area contributed by atoms with Gasteiger partial charge in [-0.1, -0.05) is 29.8 Å². The standard InChI is InChI=1S/C25H30N2O/c1-16-2-4-17(5-3-16)25-24-19-7-6-18(14-19)23(24)21-15-20(8-9-22(21)26-25)27-10-12-28-13-11-27/h2-5,8-9,15,18-19,23-26H,6-7,10-14H2,1H3. The van der Waals surface area contributed by atoms with E-state index in [1.165, 1.54) is 41.8 Å². The summed E-state index contributed by atoms with van der Waals surface area (Å²) >= 11 is 0. The average Bonchev–Trinajstić information content (AvgIpc) is 3.37. The Kier molecular flexibility index (Phi) is 3.94. The molecule has 0 aromatic heterocycles. The number of benzene rings is 2. The van der Waals surface area contributed by atoms with Crippen LogP contribution in [0.25, 0.3) is 0 Å². The Morgan fingerprint density at radius 1 is 0.964 bits per heavy atom. The number of hydrogen-bond acceptors (Lipinski definition) is 3. The second-order valence-electron chi connectivity index (χ2n) is 9.34. The number of hydrogen-bond donors (Lipinski definition) is 1. The Morgan fingerprint density at radius 3 is 2.57 bits per heavy atom. The number of nitrogens with one attached hydrogen (secondary N) is 1. The fourth-order valence-electron chi connectivity index (χ4n) is 6.60. The highest BCUT2D eigenvalue weighted by atomic mass is 16.5. The van der Waals surface area contributed by atoms with Crippen molar-refractivity contribution in [1.82, 2.24) is 0 Å². The van der Waals surface area contributed by atoms with Crippen molar-refractivity contribution in [2.24, 2.45) is 17.8 Å². The maximum Gasteiger partial charge on any atom is 0.0642 e. The monoisotopic (exact) mass is 374 g/mol. The van der Waals surface area contributed by atoms with Crippen LogP contribution >= 0.6 is 0 Å². The van der Waals surface area contributed by atoms with Crippen molar-refractivity contribution < 1.29 is 4.74 Å². The molecule has 6 rings (SSSR count). The van der Waals surface area contributed by atoms with E-state index in [1.807, 2.05) is 0 Å². The van der Waals surface area contributed by atoms with Gasteiger partial charge in [0.25, 0.3) is 0 Å². The van der Waals surface area contributed by atoms with Gasteiger partial charge in [-0.05, 0) is 79.2 Å². The summed E-state index contributed by atoms with van der Waals surface area (Å²) in [5.41, 5.74) is 7.16. The van der Waals surface area contributed by atoms with E-state index in [1.54, 1.807) is 5.56 Å². The predicted molar refractivity (Wildman–Crippen MR) is 114 cm³/mol. The first-order valence-corrected chi connectivity index (χ1v) is 11.1. The number of nitrogens with zero attached hydrogens (tertiary/aromatic N) is 1. The molecule has 0 amide bonds. The zero-order valence-electron chi connectivity index (χ0n) is 16.7. The Hall–Kier alpha value is -2.00. The number of aryl methyl sites for hydroxylation is 1. The summed E-state index contributed by atoms with van der Waals surface area (Å²) < 4.78 is 5.56. The summed E-state index contributed by atoms with van der Waals surface area (Å²) in [4.78, 5) is 2.50. The summed E-state index contributed by atoms with van der Waals surface area (Å²) in [6.45, 7) is 5.90. The van der Waals surface area contributed by atoms with E-state index in [0.29, 0.717) is 6.04 Å². The Bertz CT molecular complexity index is 871. The van der Waals surface area contributed by atoms with Crippen LogP contribution in [0.3, 0.4) is 0 Å². The lowest BCUT2D eigenvalue weighted by Gasteiger charge is -2.44. The highest BCUT2D eigenvalue weighted by molar-refractivity contribution is 5.65. The van der Waals surface area contributed by atoms with Crippen LogP contribution in [0.2, 0.25) is 0 Å². The normalized spacial score (nSPS) is 33.3. The Morgan fingerprint density at radius 2 is 1.75 bits per heavy atom. The van der Waals surface area contributed by atoms with Crippen LogP contribution in [0.4, 0.5) is 11.4 Å². The first-order chi connectivity index (χ1) is 13.8. The smallest absolute Gasteiger partial charge is 0.0642 e. The highest BCUT2D eigenvalue weighted by Crippen LogP contribution is 2.63. The Balaban J connectivity index is 1.40. The van der Waals surface area contributed by atoms with Gasteiger partial charge in [0.2, 0.25) is 0 Å². The lowest BCUT2D eigenvalue weighted by molar-refractivity contribution is 0.122. The third kappa shape index (κ3) is 2.59. The van der Waals surface area contributed by atoms with E-state index in [-0.39, 0.29) is 0 Å². The fourth-order valence-corrected chi connectivity index (χ4v) is 6.60. The van der Waals surface area contributed by atoms with Crippen LogP contribution in [0.1, 0.15) is 47.9 Å². The minimum absolute atomic E-state index is 0.461. The number of morpholine rings is 1. The number of ether oxygens (including phenoxy) is 1. The lowest BCUT2D eigenvalue weighted by atomic mass is 9.68. The molecule has 0 radical (unpaired) electrons. The number of fused-ring (bicyclic) bond motifs is 7. The maximum atomic E-state index is 5.56. The van der Waals surface area contributed by atoms with Crippen LogP contribution in [0.15, 0.2) is 42.5 Å². The summed E-state index contributed by atoms with van der Waals surface area (Å²) in [5, 5.41) is 3.98. The van der Waals surface area contributed by atoms with E-state index < -0.39 is 0 Å². The molecule has 2 heterocycles. The van der Waals surface area contributed by atoms with Gasteiger partial charge in [0.1, 0.15) is 0 Å². The van der Waals surface area contributed by atoms with Crippen molar-refractivity contribution in [3.05, 3.63) is 59.2 Å². The van der Waals surface area contributed by atoms with Crippen molar-refractivity contribution in [2.75, 3.05) is 36.5 Å². The van der Waals surface area contributed by atoms with Gasteiger partial charge in [0.05, 0.1) is 19.3 Å². The molecule has 146 valence electrons. The van der Waals surface area contributed by atoms with Gasteiger partial charge in [0, 0.05) is 24.5 Å². The zero-order chi connectivity index (χ0) is 18.7. The third-order valence-electron chi connectivity index (χ3n) is 7.88. The molecule has 2 aliphatic heterocycles. The molecule has 2 aromatic rings. The maximum absolute atomic E-state index is 5.56. The molecule has 4 aliphatic rings. The van der Waals surface area contributed by atoms with Gasteiger partial charge in [0.15, 0.2) is 0 Å². The number of rotatable bonds is 2. The predicted octanol–water partition coefficient (Wildman–Crippen LogP) is 5.13. The SMILES string of the molecule is Cc1ccc(C2Nc3ccc(N4CCOCC4)cc3C3C4CCC(C4)C23)cc1. The van der Waals surface area contributed by atoms with E-state index >= 15 is 0 Å². The molecule has 1 saturated heterocycles. The van der Waals surface area contributed by atoms with Crippen LogP contribution in [-0.2, 0) is 4.74 Å². The molecule has 2 saturated carbocycles. The van der Waals surface area contributed by atoms with E-state index in [2.05, 4.69) is 59.6 Å². The zero-order valence-corrected chi connectivity index (χ0v) is 16.7. The molecule has 2 bridgehead atoms. The van der Waals surface area contributed by atoms with Crippen LogP contribution in [-0.4, -0.2) is 26.3 Å². The molecule has 5 unspecified atom stereocenters. The summed E-state index contributed by atoms with van der Waals surface area (Å²) in [7, 11) is 0. The molecule has 0 spiro atoms. The molecule has 3 fully saturated rings. The molecule has 5 atom stereocenters. The van der Waals surface area contributed by atoms with Gasteiger partial charge in [-0.15, -0.1) is 0 Å². The van der Waals surface area contributed by atoms with Crippen molar-refractivity contribution in [2.45, 2.75) is 38.1 Å². The molecule has 2 aromatic carbocycles. The largest absolute Gasteiger partial charge is 0.378 e. The summed E-state index contributed by atoms with van der Waals surface area (Å²) in [6, 6.07) is 16.9. The van der Waals surface area contributed by atoms with Gasteiger partial charge in [-0.25, -0.2) is 0 Å². The summed E-state index contributed by atoms with van der Waals surface area (Å²) in [6.07, 6.45) is 4.28. The first kappa shape index (κ1) is 16.9. The van der Waals surface area contributed by atoms with E-state index in [9.17, 15) is 0 Å². The first-order valence-electron chi connectivity index (χ1n) is 11.1. The lowest BCUT2D eigenvalue weighted by Crippen LogP contribution is -2.37. The van der Waals surface area contributed by atoms with Crippen molar-refractivity contribution in [3.8, 4) is 0 Å². The Labute approximate surface area is 168 Å². The quantitative estimate of drug-likeness (QED) is 0.789. The average molecular weight is 375 g/mol.